The Kier molecular flexibility index (Phi) is 1.62. The summed E-state index contributed by atoms with van der Waals surface area (Å²) < 4.78 is 3.70. The van der Waals surface area contributed by atoms with E-state index in [1.165, 1.54) is 0 Å². The first kappa shape index (κ1) is 7.02. The Hall–Kier alpha value is -1.65. The highest BCUT2D eigenvalue weighted by atomic mass is 15.3. The zero-order valence-electron chi connectivity index (χ0n) is 6.75. The van der Waals surface area contributed by atoms with Gasteiger partial charge in [0.15, 0.2) is 0 Å². The van der Waals surface area contributed by atoms with Gasteiger partial charge in [0.05, 0.1) is 12.9 Å². The van der Waals surface area contributed by atoms with Crippen LogP contribution in [-0.2, 0) is 13.6 Å². The van der Waals surface area contributed by atoms with Crippen molar-refractivity contribution >= 4 is 0 Å². The average molecular weight is 163 g/mol. The van der Waals surface area contributed by atoms with Crippen molar-refractivity contribution in [3.05, 3.63) is 30.9 Å². The Morgan fingerprint density at radius 2 is 2.42 bits per heavy atom. The Balaban J connectivity index is 2.20. The molecule has 0 radical (unpaired) electrons. The van der Waals surface area contributed by atoms with E-state index in [2.05, 4.69) is 15.1 Å². The fourth-order valence-electron chi connectivity index (χ4n) is 1.01. The largest absolute Gasteiger partial charge is 0.330 e. The molecule has 0 atom stereocenters. The molecule has 5 nitrogen and oxygen atoms in total. The normalized spacial score (nSPS) is 10.4. The van der Waals surface area contributed by atoms with Gasteiger partial charge in [0, 0.05) is 19.4 Å². The van der Waals surface area contributed by atoms with Crippen LogP contribution in [0.25, 0.3) is 0 Å². The second kappa shape index (κ2) is 2.77. The van der Waals surface area contributed by atoms with Gasteiger partial charge in [0.25, 0.3) is 0 Å². The van der Waals surface area contributed by atoms with Gasteiger partial charge in [-0.2, -0.15) is 5.10 Å². The molecule has 0 aliphatic heterocycles. The average Bonchev–Trinajstić information content (AvgIpc) is 2.65. The van der Waals surface area contributed by atoms with E-state index in [1.807, 2.05) is 17.8 Å². The predicted molar refractivity (Wildman–Crippen MR) is 42.3 cm³/mol. The number of rotatable bonds is 2. The molecule has 5 heteroatoms. The van der Waals surface area contributed by atoms with Crippen LogP contribution in [0.15, 0.2) is 25.0 Å². The topological polar surface area (TPSA) is 48.5 Å². The summed E-state index contributed by atoms with van der Waals surface area (Å²) in [5.74, 6) is 0.924. The quantitative estimate of drug-likeness (QED) is 0.629. The third-order valence-electron chi connectivity index (χ3n) is 1.69. The lowest BCUT2D eigenvalue weighted by Gasteiger charge is -1.99. The Morgan fingerprint density at radius 3 is 3.00 bits per heavy atom. The first-order valence-electron chi connectivity index (χ1n) is 3.65. The molecule has 2 heterocycles. The maximum Gasteiger partial charge on any atom is 0.146 e. The van der Waals surface area contributed by atoms with Crippen LogP contribution >= 0.6 is 0 Å². The van der Waals surface area contributed by atoms with Gasteiger partial charge in [0.2, 0.25) is 0 Å². The number of imidazole rings is 1. The van der Waals surface area contributed by atoms with Crippen LogP contribution < -0.4 is 0 Å². The molecule has 2 aromatic rings. The van der Waals surface area contributed by atoms with Gasteiger partial charge >= 0.3 is 0 Å². The molecule has 2 aromatic heterocycles. The number of aryl methyl sites for hydroxylation is 1. The second-order valence-electron chi connectivity index (χ2n) is 2.53. The minimum Gasteiger partial charge on any atom is -0.330 e. The van der Waals surface area contributed by atoms with E-state index in [4.69, 9.17) is 0 Å². The van der Waals surface area contributed by atoms with E-state index in [0.717, 1.165) is 12.4 Å². The first-order valence-corrected chi connectivity index (χ1v) is 3.65. The molecule has 0 fully saturated rings. The molecule has 2 rings (SSSR count). The molecule has 0 aliphatic carbocycles. The van der Waals surface area contributed by atoms with E-state index in [9.17, 15) is 0 Å². The molecule has 0 bridgehead atoms. The van der Waals surface area contributed by atoms with E-state index in [1.54, 1.807) is 23.5 Å². The van der Waals surface area contributed by atoms with Crippen molar-refractivity contribution in [1.82, 2.24) is 24.3 Å². The van der Waals surface area contributed by atoms with Crippen LogP contribution in [0.3, 0.4) is 0 Å². The molecule has 0 saturated heterocycles. The molecule has 0 saturated carbocycles. The monoisotopic (exact) mass is 163 g/mol. The lowest BCUT2D eigenvalue weighted by molar-refractivity contribution is 0.653. The van der Waals surface area contributed by atoms with Crippen LogP contribution in [0.1, 0.15) is 5.82 Å². The smallest absolute Gasteiger partial charge is 0.146 e. The molecule has 12 heavy (non-hydrogen) atoms. The maximum absolute atomic E-state index is 4.09. The van der Waals surface area contributed by atoms with Crippen LogP contribution in [0.4, 0.5) is 0 Å². The standard InChI is InChI=1S/C7H9N5/c1-11-7(9-5-10-11)4-12-3-2-8-6-12/h2-3,5-6H,4H2,1H3. The van der Waals surface area contributed by atoms with Crippen molar-refractivity contribution in [3.8, 4) is 0 Å². The Labute approximate surface area is 69.7 Å². The van der Waals surface area contributed by atoms with E-state index in [0.29, 0.717) is 0 Å². The summed E-state index contributed by atoms with van der Waals surface area (Å²) in [5.41, 5.74) is 0. The van der Waals surface area contributed by atoms with Gasteiger partial charge in [-0.1, -0.05) is 0 Å². The predicted octanol–water partition coefficient (Wildman–Crippen LogP) is 0.0599. The second-order valence-corrected chi connectivity index (χ2v) is 2.53. The minimum atomic E-state index is 0.719. The molecule has 62 valence electrons. The van der Waals surface area contributed by atoms with Crippen molar-refractivity contribution in [1.29, 1.82) is 0 Å². The van der Waals surface area contributed by atoms with Crippen LogP contribution in [0.5, 0.6) is 0 Å². The van der Waals surface area contributed by atoms with Gasteiger partial charge in [0.1, 0.15) is 12.2 Å². The zero-order chi connectivity index (χ0) is 8.39. The summed E-state index contributed by atoms with van der Waals surface area (Å²) >= 11 is 0. The molecule has 0 unspecified atom stereocenters. The molecule has 0 amide bonds. The number of hydrogen-bond donors (Lipinski definition) is 0. The highest BCUT2D eigenvalue weighted by Gasteiger charge is 1.99. The van der Waals surface area contributed by atoms with Crippen molar-refractivity contribution in [3.63, 3.8) is 0 Å². The fourth-order valence-corrected chi connectivity index (χ4v) is 1.01. The molecule has 0 aliphatic rings. The number of aromatic nitrogens is 5. The Bertz CT molecular complexity index is 348. The van der Waals surface area contributed by atoms with E-state index < -0.39 is 0 Å². The summed E-state index contributed by atoms with van der Waals surface area (Å²) in [7, 11) is 1.87. The van der Waals surface area contributed by atoms with Crippen LogP contribution in [0.2, 0.25) is 0 Å². The first-order chi connectivity index (χ1) is 5.86. The third kappa shape index (κ3) is 1.20. The highest BCUT2D eigenvalue weighted by molar-refractivity contribution is 4.87. The lowest BCUT2D eigenvalue weighted by Crippen LogP contribution is -2.04. The van der Waals surface area contributed by atoms with Crippen LogP contribution in [0, 0.1) is 0 Å². The van der Waals surface area contributed by atoms with Gasteiger partial charge in [-0.3, -0.25) is 4.68 Å². The van der Waals surface area contributed by atoms with E-state index in [-0.39, 0.29) is 0 Å². The fraction of sp³-hybridized carbons (Fsp3) is 0.286. The summed E-state index contributed by atoms with van der Waals surface area (Å²) in [6.45, 7) is 0.719. The lowest BCUT2D eigenvalue weighted by atomic mass is 10.6. The Morgan fingerprint density at radius 1 is 1.50 bits per heavy atom. The highest BCUT2D eigenvalue weighted by Crippen LogP contribution is 1.95. The molecule has 0 N–H and O–H groups in total. The van der Waals surface area contributed by atoms with E-state index >= 15 is 0 Å². The molecular formula is C7H9N5. The van der Waals surface area contributed by atoms with Gasteiger partial charge < -0.3 is 4.57 Å². The molecule has 0 aromatic carbocycles. The molecular weight excluding hydrogens is 154 g/mol. The van der Waals surface area contributed by atoms with Crippen molar-refractivity contribution < 1.29 is 0 Å². The third-order valence-corrected chi connectivity index (χ3v) is 1.69. The maximum atomic E-state index is 4.09. The van der Waals surface area contributed by atoms with Gasteiger partial charge in [-0.15, -0.1) is 0 Å². The summed E-state index contributed by atoms with van der Waals surface area (Å²) in [4.78, 5) is 8.03. The van der Waals surface area contributed by atoms with Crippen LogP contribution in [-0.4, -0.2) is 24.3 Å². The summed E-state index contributed by atoms with van der Waals surface area (Å²) in [6, 6.07) is 0. The van der Waals surface area contributed by atoms with Gasteiger partial charge in [-0.25, -0.2) is 9.97 Å². The van der Waals surface area contributed by atoms with Crippen molar-refractivity contribution in [2.45, 2.75) is 6.54 Å². The van der Waals surface area contributed by atoms with Crippen molar-refractivity contribution in [2.75, 3.05) is 0 Å². The minimum absolute atomic E-state index is 0.719. The van der Waals surface area contributed by atoms with Crippen molar-refractivity contribution in [2.24, 2.45) is 7.05 Å². The number of hydrogen-bond acceptors (Lipinski definition) is 3. The zero-order valence-corrected chi connectivity index (χ0v) is 6.75. The van der Waals surface area contributed by atoms with Gasteiger partial charge in [-0.05, 0) is 0 Å². The summed E-state index contributed by atoms with van der Waals surface area (Å²) in [6.07, 6.45) is 6.95. The SMILES string of the molecule is Cn1ncnc1Cn1ccnc1. The number of nitrogens with zero attached hydrogens (tertiary/aromatic N) is 5. The summed E-state index contributed by atoms with van der Waals surface area (Å²) in [5, 5.41) is 3.97. The molecule has 0 spiro atoms.